The maximum absolute atomic E-state index is 11.9. The molecule has 3 aromatic rings. The fourth-order valence-electron chi connectivity index (χ4n) is 3.25. The Hall–Kier alpha value is -3.68. The first-order chi connectivity index (χ1) is 14.4. The number of hydrogen-bond acceptors (Lipinski definition) is 5. The molecule has 0 fully saturated rings. The van der Waals surface area contributed by atoms with Gasteiger partial charge in [0, 0.05) is 36.6 Å². The third-order valence-electron chi connectivity index (χ3n) is 4.93. The monoisotopic (exact) mass is 407 g/mol. The van der Waals surface area contributed by atoms with Crippen molar-refractivity contribution >= 4 is 28.7 Å². The number of rotatable bonds is 5. The molecule has 0 atom stereocenters. The van der Waals surface area contributed by atoms with Crippen LogP contribution in [0.15, 0.2) is 36.7 Å². The van der Waals surface area contributed by atoms with Gasteiger partial charge in [-0.05, 0) is 60.5 Å². The van der Waals surface area contributed by atoms with Crippen LogP contribution in [-0.2, 0) is 11.3 Å². The molecule has 3 amide bonds. The average Bonchev–Trinajstić information content (AvgIpc) is 2.74. The zero-order valence-corrected chi connectivity index (χ0v) is 17.5. The highest BCUT2D eigenvalue weighted by molar-refractivity contribution is 6.01. The lowest BCUT2D eigenvalue weighted by molar-refractivity contribution is 0.170. The summed E-state index contributed by atoms with van der Waals surface area (Å²) in [5, 5.41) is 9.94. The van der Waals surface area contributed by atoms with Crippen molar-refractivity contribution in [3.05, 3.63) is 53.5 Å². The highest BCUT2D eigenvalue weighted by Gasteiger charge is 2.14. The number of hydrogen-bond donors (Lipinski definition) is 3. The van der Waals surface area contributed by atoms with Crippen LogP contribution in [0.25, 0.3) is 21.9 Å². The van der Waals surface area contributed by atoms with Crippen molar-refractivity contribution < 1.29 is 14.3 Å². The van der Waals surface area contributed by atoms with Crippen LogP contribution in [0, 0.1) is 13.8 Å². The molecule has 1 aromatic carbocycles. The molecule has 3 rings (SSSR count). The molecule has 30 heavy (non-hydrogen) atoms. The average molecular weight is 407 g/mol. The van der Waals surface area contributed by atoms with Gasteiger partial charge < -0.3 is 15.4 Å². The number of ether oxygens (including phenoxy) is 1. The van der Waals surface area contributed by atoms with E-state index in [1.165, 1.54) is 7.11 Å². The van der Waals surface area contributed by atoms with Crippen molar-refractivity contribution in [2.24, 2.45) is 0 Å². The third kappa shape index (κ3) is 4.48. The zero-order chi connectivity index (χ0) is 21.7. The Morgan fingerprint density at radius 3 is 2.57 bits per heavy atom. The summed E-state index contributed by atoms with van der Waals surface area (Å²) in [4.78, 5) is 32.2. The van der Waals surface area contributed by atoms with Crippen LogP contribution in [0.2, 0.25) is 0 Å². The fourth-order valence-corrected chi connectivity index (χ4v) is 3.25. The Kier molecular flexibility index (Phi) is 6.46. The van der Waals surface area contributed by atoms with Gasteiger partial charge in [-0.1, -0.05) is 12.1 Å². The first-order valence-corrected chi connectivity index (χ1v) is 9.65. The highest BCUT2D eigenvalue weighted by Crippen LogP contribution is 2.34. The molecular formula is C22H25N5O3. The second-order valence-electron chi connectivity index (χ2n) is 6.79. The minimum Gasteiger partial charge on any atom is -0.453 e. The minimum absolute atomic E-state index is 0.294. The SMILES string of the molecule is CCNC(=O)Nc1cc2c(-c3ccnc(C)c3C)ccc(CNC(=O)OC)c2cn1. The molecule has 2 heterocycles. The van der Waals surface area contributed by atoms with Crippen LogP contribution in [0.5, 0.6) is 0 Å². The number of nitrogens with one attached hydrogen (secondary N) is 3. The zero-order valence-electron chi connectivity index (χ0n) is 17.5. The van der Waals surface area contributed by atoms with Gasteiger partial charge >= 0.3 is 12.1 Å². The molecule has 0 saturated carbocycles. The summed E-state index contributed by atoms with van der Waals surface area (Å²) in [6.07, 6.45) is 2.99. The molecule has 0 radical (unpaired) electrons. The van der Waals surface area contributed by atoms with E-state index in [9.17, 15) is 9.59 Å². The van der Waals surface area contributed by atoms with Crippen LogP contribution in [0.4, 0.5) is 15.4 Å². The minimum atomic E-state index is -0.504. The van der Waals surface area contributed by atoms with Crippen molar-refractivity contribution in [1.29, 1.82) is 0 Å². The lowest BCUT2D eigenvalue weighted by atomic mass is 9.93. The molecule has 0 aliphatic rings. The molecule has 0 unspecified atom stereocenters. The first kappa shape index (κ1) is 21.0. The van der Waals surface area contributed by atoms with Crippen molar-refractivity contribution in [3.8, 4) is 11.1 Å². The van der Waals surface area contributed by atoms with Gasteiger partial charge in [0.2, 0.25) is 0 Å². The number of carbonyl (C=O) groups excluding carboxylic acids is 2. The number of aryl methyl sites for hydroxylation is 1. The maximum atomic E-state index is 11.9. The van der Waals surface area contributed by atoms with E-state index in [4.69, 9.17) is 0 Å². The number of urea groups is 1. The Morgan fingerprint density at radius 1 is 1.03 bits per heavy atom. The summed E-state index contributed by atoms with van der Waals surface area (Å²) in [6, 6.07) is 7.47. The van der Waals surface area contributed by atoms with Gasteiger partial charge in [-0.15, -0.1) is 0 Å². The van der Waals surface area contributed by atoms with E-state index in [1.807, 2.05) is 45.0 Å². The molecule has 8 heteroatoms. The molecular weight excluding hydrogens is 382 g/mol. The summed E-state index contributed by atoms with van der Waals surface area (Å²) in [5.41, 5.74) is 4.96. The fraction of sp³-hybridized carbons (Fsp3) is 0.273. The van der Waals surface area contributed by atoms with E-state index < -0.39 is 6.09 Å². The molecule has 8 nitrogen and oxygen atoms in total. The molecule has 0 bridgehead atoms. The predicted molar refractivity (Wildman–Crippen MR) is 116 cm³/mol. The largest absolute Gasteiger partial charge is 0.453 e. The quantitative estimate of drug-likeness (QED) is 0.595. The Morgan fingerprint density at radius 2 is 1.83 bits per heavy atom. The summed E-state index contributed by atoms with van der Waals surface area (Å²) >= 11 is 0. The number of aromatic nitrogens is 2. The number of anilines is 1. The topological polar surface area (TPSA) is 105 Å². The van der Waals surface area contributed by atoms with Gasteiger partial charge in [-0.2, -0.15) is 0 Å². The van der Waals surface area contributed by atoms with E-state index in [0.717, 1.165) is 38.7 Å². The van der Waals surface area contributed by atoms with Crippen LogP contribution in [-0.4, -0.2) is 35.7 Å². The summed E-state index contributed by atoms with van der Waals surface area (Å²) in [6.45, 7) is 6.66. The van der Waals surface area contributed by atoms with Crippen molar-refractivity contribution in [2.75, 3.05) is 19.0 Å². The van der Waals surface area contributed by atoms with Crippen LogP contribution in [0.3, 0.4) is 0 Å². The van der Waals surface area contributed by atoms with E-state index in [0.29, 0.717) is 18.9 Å². The normalized spacial score (nSPS) is 10.5. The molecule has 2 aromatic heterocycles. The van der Waals surface area contributed by atoms with Gasteiger partial charge in [0.1, 0.15) is 5.82 Å². The van der Waals surface area contributed by atoms with Crippen molar-refractivity contribution in [3.63, 3.8) is 0 Å². The van der Waals surface area contributed by atoms with Crippen molar-refractivity contribution in [1.82, 2.24) is 20.6 Å². The van der Waals surface area contributed by atoms with E-state index in [1.54, 1.807) is 12.4 Å². The molecule has 156 valence electrons. The van der Waals surface area contributed by atoms with Gasteiger partial charge in [0.15, 0.2) is 0 Å². The predicted octanol–water partition coefficient (Wildman–Crippen LogP) is 3.91. The number of carbonyl (C=O) groups is 2. The molecule has 0 aliphatic carbocycles. The second-order valence-corrected chi connectivity index (χ2v) is 6.79. The lowest BCUT2D eigenvalue weighted by Gasteiger charge is -2.15. The van der Waals surface area contributed by atoms with E-state index >= 15 is 0 Å². The Bertz CT molecular complexity index is 1100. The maximum Gasteiger partial charge on any atom is 0.407 e. The standard InChI is InChI=1S/C22H25N5O3/c1-5-23-21(28)27-20-10-18-17(16-8-9-24-14(3)13(16)2)7-6-15(19(18)12-25-20)11-26-22(29)30-4/h6-10,12H,5,11H2,1-4H3,(H,26,29)(H2,23,25,27,28). The number of methoxy groups -OCH3 is 1. The van der Waals surface area contributed by atoms with Gasteiger partial charge in [-0.25, -0.2) is 14.6 Å². The number of benzene rings is 1. The third-order valence-corrected chi connectivity index (χ3v) is 4.93. The highest BCUT2D eigenvalue weighted by atomic mass is 16.5. The number of pyridine rings is 2. The number of amides is 3. The number of alkyl carbamates (subject to hydrolysis) is 1. The molecule has 3 N–H and O–H groups in total. The van der Waals surface area contributed by atoms with E-state index in [2.05, 4.69) is 30.7 Å². The second kappa shape index (κ2) is 9.21. The summed E-state index contributed by atoms with van der Waals surface area (Å²) < 4.78 is 4.66. The first-order valence-electron chi connectivity index (χ1n) is 9.65. The Labute approximate surface area is 175 Å². The van der Waals surface area contributed by atoms with Gasteiger partial charge in [0.05, 0.1) is 7.11 Å². The molecule has 0 spiro atoms. The summed E-state index contributed by atoms with van der Waals surface area (Å²) in [7, 11) is 1.33. The van der Waals surface area contributed by atoms with Crippen molar-refractivity contribution in [2.45, 2.75) is 27.3 Å². The lowest BCUT2D eigenvalue weighted by Crippen LogP contribution is -2.28. The smallest absolute Gasteiger partial charge is 0.407 e. The van der Waals surface area contributed by atoms with Crippen LogP contribution >= 0.6 is 0 Å². The van der Waals surface area contributed by atoms with Crippen LogP contribution in [0.1, 0.15) is 23.7 Å². The van der Waals surface area contributed by atoms with Gasteiger partial charge in [-0.3, -0.25) is 10.3 Å². The summed E-state index contributed by atoms with van der Waals surface area (Å²) in [5.74, 6) is 0.441. The Balaban J connectivity index is 2.13. The molecule has 0 saturated heterocycles. The van der Waals surface area contributed by atoms with Gasteiger partial charge in [0.25, 0.3) is 0 Å². The van der Waals surface area contributed by atoms with E-state index in [-0.39, 0.29) is 6.03 Å². The number of nitrogens with zero attached hydrogens (tertiary/aromatic N) is 2. The number of fused-ring (bicyclic) bond motifs is 1. The molecule has 0 aliphatic heterocycles. The van der Waals surface area contributed by atoms with Crippen LogP contribution < -0.4 is 16.0 Å².